The second-order valence-corrected chi connectivity index (χ2v) is 3.28. The lowest BCUT2D eigenvalue weighted by atomic mass is 10.1. The van der Waals surface area contributed by atoms with E-state index in [1.54, 1.807) is 6.92 Å². The van der Waals surface area contributed by atoms with Crippen molar-refractivity contribution >= 4 is 22.6 Å². The maximum absolute atomic E-state index is 10.4. The van der Waals surface area contributed by atoms with Crippen LogP contribution in [0.5, 0.6) is 0 Å². The molecule has 1 atom stereocenters. The molecule has 3 N–H and O–H groups in total. The van der Waals surface area contributed by atoms with E-state index >= 15 is 0 Å². The number of carboxylic acids is 1. The first-order valence-electron chi connectivity index (χ1n) is 3.40. The van der Waals surface area contributed by atoms with Crippen LogP contribution in [0.15, 0.2) is 0 Å². The van der Waals surface area contributed by atoms with Crippen molar-refractivity contribution in [2.24, 2.45) is 5.92 Å². The Balaban J connectivity index is 2.58. The van der Waals surface area contributed by atoms with Crippen LogP contribution in [0.4, 0.5) is 5.13 Å². The van der Waals surface area contributed by atoms with Crippen LogP contribution in [0.3, 0.4) is 0 Å². The molecular formula is C6H9N3O2S. The normalized spacial score (nSPS) is 12.8. The summed E-state index contributed by atoms with van der Waals surface area (Å²) in [6, 6.07) is 0. The molecule has 5 nitrogen and oxygen atoms in total. The number of nitrogens with two attached hydrogens (primary N) is 1. The second kappa shape index (κ2) is 3.48. The van der Waals surface area contributed by atoms with E-state index in [-0.39, 0.29) is 0 Å². The Hall–Kier alpha value is -1.17. The molecule has 0 aliphatic rings. The van der Waals surface area contributed by atoms with Crippen molar-refractivity contribution in [3.8, 4) is 0 Å². The van der Waals surface area contributed by atoms with Gasteiger partial charge in [0.15, 0.2) is 5.13 Å². The summed E-state index contributed by atoms with van der Waals surface area (Å²) in [5, 5.41) is 8.94. The van der Waals surface area contributed by atoms with E-state index in [9.17, 15) is 4.79 Å². The summed E-state index contributed by atoms with van der Waals surface area (Å²) in [6.07, 6.45) is 0.336. The molecule has 0 aliphatic carbocycles. The number of carbonyl (C=O) groups is 1. The van der Waals surface area contributed by atoms with Gasteiger partial charge >= 0.3 is 5.97 Å². The summed E-state index contributed by atoms with van der Waals surface area (Å²) in [5.74, 6) is -0.797. The van der Waals surface area contributed by atoms with E-state index in [0.29, 0.717) is 17.4 Å². The summed E-state index contributed by atoms with van der Waals surface area (Å²) in [5.41, 5.74) is 5.33. The molecule has 6 heteroatoms. The van der Waals surface area contributed by atoms with Gasteiger partial charge in [-0.3, -0.25) is 4.79 Å². The van der Waals surface area contributed by atoms with Crippen LogP contribution in [-0.4, -0.2) is 20.4 Å². The summed E-state index contributed by atoms with van der Waals surface area (Å²) in [6.45, 7) is 1.61. The highest BCUT2D eigenvalue weighted by atomic mass is 32.1. The first-order valence-corrected chi connectivity index (χ1v) is 4.18. The summed E-state index contributed by atoms with van der Waals surface area (Å²) in [4.78, 5) is 14.3. The van der Waals surface area contributed by atoms with Crippen molar-refractivity contribution in [1.29, 1.82) is 0 Å². The minimum Gasteiger partial charge on any atom is -0.481 e. The van der Waals surface area contributed by atoms with Crippen LogP contribution >= 0.6 is 11.5 Å². The van der Waals surface area contributed by atoms with Gasteiger partial charge in [0.25, 0.3) is 0 Å². The molecule has 0 fully saturated rings. The summed E-state index contributed by atoms with van der Waals surface area (Å²) in [7, 11) is 0. The fourth-order valence-electron chi connectivity index (χ4n) is 0.712. The predicted molar refractivity (Wildman–Crippen MR) is 44.8 cm³/mol. The Morgan fingerprint density at radius 2 is 2.50 bits per heavy atom. The van der Waals surface area contributed by atoms with E-state index in [4.69, 9.17) is 10.8 Å². The fourth-order valence-corrected chi connectivity index (χ4v) is 1.17. The van der Waals surface area contributed by atoms with Gasteiger partial charge in [-0.25, -0.2) is 4.98 Å². The van der Waals surface area contributed by atoms with Crippen molar-refractivity contribution in [3.63, 3.8) is 0 Å². The molecule has 0 bridgehead atoms. The topological polar surface area (TPSA) is 89.1 Å². The number of anilines is 1. The molecule has 0 spiro atoms. The predicted octanol–water partition coefficient (Wildman–Crippen LogP) is 0.383. The highest BCUT2D eigenvalue weighted by Crippen LogP contribution is 2.10. The van der Waals surface area contributed by atoms with E-state index < -0.39 is 11.9 Å². The van der Waals surface area contributed by atoms with E-state index in [2.05, 4.69) is 9.36 Å². The van der Waals surface area contributed by atoms with Crippen molar-refractivity contribution in [2.45, 2.75) is 13.3 Å². The van der Waals surface area contributed by atoms with Crippen LogP contribution in [0.2, 0.25) is 0 Å². The van der Waals surface area contributed by atoms with E-state index in [1.165, 1.54) is 0 Å². The molecule has 1 aromatic heterocycles. The zero-order valence-corrected chi connectivity index (χ0v) is 7.34. The Labute approximate surface area is 73.4 Å². The smallest absolute Gasteiger partial charge is 0.306 e. The molecule has 1 aromatic rings. The Morgan fingerprint density at radius 1 is 1.83 bits per heavy atom. The molecule has 0 aliphatic heterocycles. The van der Waals surface area contributed by atoms with Gasteiger partial charge in [-0.1, -0.05) is 6.92 Å². The van der Waals surface area contributed by atoms with Gasteiger partial charge in [0.05, 0.1) is 5.92 Å². The van der Waals surface area contributed by atoms with Gasteiger partial charge in [0.1, 0.15) is 5.82 Å². The van der Waals surface area contributed by atoms with Crippen LogP contribution < -0.4 is 5.73 Å². The Bertz CT molecular complexity index is 286. The number of aromatic nitrogens is 2. The fraction of sp³-hybridized carbons (Fsp3) is 0.500. The third-order valence-corrected chi connectivity index (χ3v) is 1.97. The molecule has 66 valence electrons. The molecule has 1 heterocycles. The molecule has 0 aromatic carbocycles. The first kappa shape index (κ1) is 8.92. The third kappa shape index (κ3) is 2.16. The van der Waals surface area contributed by atoms with Crippen molar-refractivity contribution in [3.05, 3.63) is 5.82 Å². The lowest BCUT2D eigenvalue weighted by molar-refractivity contribution is -0.141. The SMILES string of the molecule is CC(Cc1nsc(N)n1)C(=O)O. The van der Waals surface area contributed by atoms with Gasteiger partial charge in [-0.15, -0.1) is 0 Å². The molecule has 0 saturated heterocycles. The van der Waals surface area contributed by atoms with Gasteiger partial charge in [-0.2, -0.15) is 4.37 Å². The lowest BCUT2D eigenvalue weighted by Gasteiger charge is -2.00. The molecule has 0 amide bonds. The molecule has 1 unspecified atom stereocenters. The minimum absolute atomic E-state index is 0.336. The largest absolute Gasteiger partial charge is 0.481 e. The Kier molecular flexibility index (Phi) is 2.59. The standard InChI is InChI=1S/C6H9N3O2S/c1-3(5(10)11)2-4-8-6(7)12-9-4/h3H,2H2,1H3,(H,10,11)(H2,7,8,9). The third-order valence-electron chi connectivity index (χ3n) is 1.39. The zero-order valence-electron chi connectivity index (χ0n) is 6.52. The van der Waals surface area contributed by atoms with E-state index in [0.717, 1.165) is 11.5 Å². The number of aliphatic carboxylic acids is 1. The number of nitrogens with zero attached hydrogens (tertiary/aromatic N) is 2. The van der Waals surface area contributed by atoms with Crippen molar-refractivity contribution in [1.82, 2.24) is 9.36 Å². The number of nitrogen functional groups attached to an aromatic ring is 1. The zero-order chi connectivity index (χ0) is 9.14. The summed E-state index contributed by atoms with van der Waals surface area (Å²) >= 11 is 1.08. The molecule has 12 heavy (non-hydrogen) atoms. The number of hydrogen-bond acceptors (Lipinski definition) is 5. The molecule has 0 radical (unpaired) electrons. The van der Waals surface area contributed by atoms with Crippen molar-refractivity contribution in [2.75, 3.05) is 5.73 Å². The monoisotopic (exact) mass is 187 g/mol. The Morgan fingerprint density at radius 3 is 2.92 bits per heavy atom. The summed E-state index contributed by atoms with van der Waals surface area (Å²) < 4.78 is 3.88. The van der Waals surface area contributed by atoms with Crippen LogP contribution in [0, 0.1) is 5.92 Å². The van der Waals surface area contributed by atoms with Crippen LogP contribution in [0.25, 0.3) is 0 Å². The average molecular weight is 187 g/mol. The minimum atomic E-state index is -0.844. The molecule has 0 saturated carbocycles. The second-order valence-electron chi connectivity index (χ2n) is 2.49. The van der Waals surface area contributed by atoms with Gasteiger partial charge in [0.2, 0.25) is 0 Å². The molecular weight excluding hydrogens is 178 g/mol. The van der Waals surface area contributed by atoms with Crippen molar-refractivity contribution < 1.29 is 9.90 Å². The number of carboxylic acid groups (broad SMARTS) is 1. The number of hydrogen-bond donors (Lipinski definition) is 2. The van der Waals surface area contributed by atoms with Crippen LogP contribution in [-0.2, 0) is 11.2 Å². The first-order chi connectivity index (χ1) is 5.59. The van der Waals surface area contributed by atoms with Gasteiger partial charge < -0.3 is 10.8 Å². The van der Waals surface area contributed by atoms with E-state index in [1.807, 2.05) is 0 Å². The maximum atomic E-state index is 10.4. The highest BCUT2D eigenvalue weighted by Gasteiger charge is 2.14. The molecule has 1 rings (SSSR count). The maximum Gasteiger partial charge on any atom is 0.306 e. The van der Waals surface area contributed by atoms with Gasteiger partial charge in [-0.05, 0) is 0 Å². The highest BCUT2D eigenvalue weighted by molar-refractivity contribution is 7.09. The van der Waals surface area contributed by atoms with Gasteiger partial charge in [0, 0.05) is 18.0 Å². The van der Waals surface area contributed by atoms with Crippen LogP contribution in [0.1, 0.15) is 12.7 Å². The number of rotatable bonds is 3. The average Bonchev–Trinajstić information content (AvgIpc) is 2.35. The quantitative estimate of drug-likeness (QED) is 0.714. The lowest BCUT2D eigenvalue weighted by Crippen LogP contribution is -2.12.